The molecule has 0 atom stereocenters. The van der Waals surface area contributed by atoms with E-state index in [-0.39, 0.29) is 0 Å². The molecule has 0 aliphatic rings. The quantitative estimate of drug-likeness (QED) is 0.643. The lowest BCUT2D eigenvalue weighted by molar-refractivity contribution is 0.474. The molecule has 0 fully saturated rings. The van der Waals surface area contributed by atoms with Gasteiger partial charge in [0.2, 0.25) is 0 Å². The molecule has 0 saturated carbocycles. The maximum Gasteiger partial charge on any atom is -0.00558 e. The van der Waals surface area contributed by atoms with Gasteiger partial charge in [0.05, 0.1) is 0 Å². The normalized spacial score (nSPS) is 11.9. The van der Waals surface area contributed by atoms with Gasteiger partial charge in [0, 0.05) is 0 Å². The second kappa shape index (κ2) is 3.40. The molecule has 1 aromatic heterocycles. The van der Waals surface area contributed by atoms with Gasteiger partial charge in [0.25, 0.3) is 0 Å². The second-order valence-corrected chi connectivity index (χ2v) is 4.43. The van der Waals surface area contributed by atoms with Gasteiger partial charge in [-0.15, -0.1) is 0 Å². The van der Waals surface area contributed by atoms with E-state index in [1.807, 2.05) is 0 Å². The summed E-state index contributed by atoms with van der Waals surface area (Å²) in [5, 5.41) is 4.42. The molecule has 0 bridgehead atoms. The van der Waals surface area contributed by atoms with Crippen LogP contribution in [0.4, 0.5) is 0 Å². The Bertz CT molecular complexity index is 197. The summed E-state index contributed by atoms with van der Waals surface area (Å²) in [5.41, 5.74) is 1.87. The average Bonchev–Trinajstić information content (AvgIpc) is 2.37. The summed E-state index contributed by atoms with van der Waals surface area (Å²) in [6.07, 6.45) is 2.55. The molecule has 0 spiro atoms. The molecule has 0 nitrogen and oxygen atoms in total. The lowest BCUT2D eigenvalue weighted by atomic mass is 9.82. The lowest BCUT2D eigenvalue weighted by Crippen LogP contribution is -2.15. The van der Waals surface area contributed by atoms with E-state index in [1.54, 1.807) is 11.3 Å². The summed E-state index contributed by atoms with van der Waals surface area (Å²) in [4.78, 5) is 0. The highest BCUT2D eigenvalue weighted by Gasteiger charge is 2.18. The zero-order chi connectivity index (χ0) is 8.32. The van der Waals surface area contributed by atoms with Crippen molar-refractivity contribution >= 4 is 11.3 Å². The van der Waals surface area contributed by atoms with E-state index in [4.69, 9.17) is 0 Å². The van der Waals surface area contributed by atoms with E-state index < -0.39 is 0 Å². The molecule has 1 heteroatoms. The van der Waals surface area contributed by atoms with Gasteiger partial charge in [-0.05, 0) is 34.2 Å². The number of rotatable bonds is 3. The van der Waals surface area contributed by atoms with Crippen molar-refractivity contribution in [1.29, 1.82) is 0 Å². The molecular weight excluding hydrogens is 152 g/mol. The second-order valence-electron chi connectivity index (χ2n) is 3.65. The minimum Gasteiger partial charge on any atom is -0.152 e. The predicted molar refractivity (Wildman–Crippen MR) is 52.3 cm³/mol. The molecule has 0 saturated heterocycles. The summed E-state index contributed by atoms with van der Waals surface area (Å²) in [6.45, 7) is 6.88. The summed E-state index contributed by atoms with van der Waals surface area (Å²) >= 11 is 1.79. The van der Waals surface area contributed by atoms with E-state index in [1.165, 1.54) is 18.4 Å². The van der Waals surface area contributed by atoms with Gasteiger partial charge in [-0.25, -0.2) is 0 Å². The summed E-state index contributed by atoms with van der Waals surface area (Å²) in [7, 11) is 0. The van der Waals surface area contributed by atoms with Crippen molar-refractivity contribution in [2.75, 3.05) is 0 Å². The smallest absolute Gasteiger partial charge is 0.00558 e. The van der Waals surface area contributed by atoms with Crippen molar-refractivity contribution in [2.45, 2.75) is 39.0 Å². The first-order valence-corrected chi connectivity index (χ1v) is 5.14. The zero-order valence-corrected chi connectivity index (χ0v) is 8.37. The predicted octanol–water partition coefficient (Wildman–Crippen LogP) is 3.83. The molecule has 1 aromatic rings. The highest BCUT2D eigenvalue weighted by atomic mass is 32.1. The molecule has 0 radical (unpaired) electrons. The largest absolute Gasteiger partial charge is 0.152 e. The highest BCUT2D eigenvalue weighted by molar-refractivity contribution is 7.08. The fraction of sp³-hybridized carbons (Fsp3) is 0.600. The maximum atomic E-state index is 2.32. The van der Waals surface area contributed by atoms with E-state index >= 15 is 0 Å². The van der Waals surface area contributed by atoms with Gasteiger partial charge < -0.3 is 0 Å². The zero-order valence-electron chi connectivity index (χ0n) is 7.55. The Balaban J connectivity index is 2.73. The topological polar surface area (TPSA) is 0 Å². The number of hydrogen-bond donors (Lipinski definition) is 0. The Morgan fingerprint density at radius 3 is 2.64 bits per heavy atom. The molecule has 11 heavy (non-hydrogen) atoms. The first kappa shape index (κ1) is 8.79. The first-order valence-electron chi connectivity index (χ1n) is 4.19. The molecule has 0 aliphatic carbocycles. The van der Waals surface area contributed by atoms with Crippen LogP contribution < -0.4 is 0 Å². The van der Waals surface area contributed by atoms with Crippen LogP contribution in [0.5, 0.6) is 0 Å². The Morgan fingerprint density at radius 2 is 2.18 bits per heavy atom. The summed E-state index contributed by atoms with van der Waals surface area (Å²) in [6, 6.07) is 2.24. The minimum atomic E-state index is 0.384. The van der Waals surface area contributed by atoms with Crippen LogP contribution in [0.1, 0.15) is 39.2 Å². The molecule has 1 rings (SSSR count). The number of hydrogen-bond acceptors (Lipinski definition) is 1. The van der Waals surface area contributed by atoms with Gasteiger partial charge in [-0.2, -0.15) is 11.3 Å². The molecule has 0 unspecified atom stereocenters. The van der Waals surface area contributed by atoms with E-state index in [0.717, 1.165) is 0 Å². The van der Waals surface area contributed by atoms with Crippen LogP contribution in [0.15, 0.2) is 16.8 Å². The lowest BCUT2D eigenvalue weighted by Gasteiger charge is -2.22. The Hall–Kier alpha value is -0.300. The molecule has 0 N–H and O–H groups in total. The fourth-order valence-corrected chi connectivity index (χ4v) is 2.27. The highest BCUT2D eigenvalue weighted by Crippen LogP contribution is 2.29. The van der Waals surface area contributed by atoms with Gasteiger partial charge in [-0.1, -0.05) is 27.2 Å². The molecule has 0 aliphatic heterocycles. The van der Waals surface area contributed by atoms with Crippen LogP contribution in [-0.4, -0.2) is 0 Å². The molecule has 0 amide bonds. The van der Waals surface area contributed by atoms with Gasteiger partial charge >= 0.3 is 0 Å². The molecule has 0 aromatic carbocycles. The fourth-order valence-electron chi connectivity index (χ4n) is 1.42. The van der Waals surface area contributed by atoms with E-state index in [2.05, 4.69) is 37.6 Å². The van der Waals surface area contributed by atoms with Crippen LogP contribution in [0.2, 0.25) is 0 Å². The Labute approximate surface area is 73.3 Å². The van der Waals surface area contributed by atoms with Crippen molar-refractivity contribution in [3.05, 3.63) is 22.4 Å². The van der Waals surface area contributed by atoms with E-state index in [0.29, 0.717) is 5.41 Å². The average molecular weight is 168 g/mol. The Morgan fingerprint density at radius 1 is 1.45 bits per heavy atom. The molecular formula is C10H16S. The first-order chi connectivity index (χ1) is 5.17. The van der Waals surface area contributed by atoms with Crippen molar-refractivity contribution in [2.24, 2.45) is 0 Å². The Kier molecular flexibility index (Phi) is 2.72. The SMILES string of the molecule is CCCC(C)(C)c1ccsc1. The summed E-state index contributed by atoms with van der Waals surface area (Å²) in [5.74, 6) is 0. The van der Waals surface area contributed by atoms with Gasteiger partial charge in [0.1, 0.15) is 0 Å². The van der Waals surface area contributed by atoms with Gasteiger partial charge in [0.15, 0.2) is 0 Å². The third-order valence-corrected chi connectivity index (χ3v) is 2.86. The summed E-state index contributed by atoms with van der Waals surface area (Å²) < 4.78 is 0. The van der Waals surface area contributed by atoms with Gasteiger partial charge in [-0.3, -0.25) is 0 Å². The third kappa shape index (κ3) is 2.06. The van der Waals surface area contributed by atoms with Crippen LogP contribution in [-0.2, 0) is 5.41 Å². The standard InChI is InChI=1S/C10H16S/c1-4-6-10(2,3)9-5-7-11-8-9/h5,7-8H,4,6H2,1-3H3. The van der Waals surface area contributed by atoms with Crippen molar-refractivity contribution in [1.82, 2.24) is 0 Å². The number of thiophene rings is 1. The monoisotopic (exact) mass is 168 g/mol. The maximum absolute atomic E-state index is 2.32. The van der Waals surface area contributed by atoms with Crippen molar-refractivity contribution < 1.29 is 0 Å². The minimum absolute atomic E-state index is 0.384. The van der Waals surface area contributed by atoms with Crippen LogP contribution in [0, 0.1) is 0 Å². The van der Waals surface area contributed by atoms with Crippen LogP contribution in [0.3, 0.4) is 0 Å². The van der Waals surface area contributed by atoms with Crippen molar-refractivity contribution in [3.63, 3.8) is 0 Å². The van der Waals surface area contributed by atoms with Crippen LogP contribution in [0.25, 0.3) is 0 Å². The van der Waals surface area contributed by atoms with Crippen LogP contribution >= 0.6 is 11.3 Å². The van der Waals surface area contributed by atoms with E-state index in [9.17, 15) is 0 Å². The van der Waals surface area contributed by atoms with Crippen molar-refractivity contribution in [3.8, 4) is 0 Å². The molecule has 62 valence electrons. The third-order valence-electron chi connectivity index (χ3n) is 2.18. The molecule has 1 heterocycles.